The Morgan fingerprint density at radius 2 is 2.19 bits per heavy atom. The average Bonchev–Trinajstić information content (AvgIpc) is 2.20. The molecule has 0 spiro atoms. The Kier molecular flexibility index (Phi) is 2.86. The first-order valence-corrected chi connectivity index (χ1v) is 6.90. The number of nitrogens with one attached hydrogen (secondary N) is 1. The first-order chi connectivity index (χ1) is 7.48. The quantitative estimate of drug-likeness (QED) is 0.797. The first kappa shape index (κ1) is 11.7. The van der Waals surface area contributed by atoms with E-state index in [9.17, 15) is 8.42 Å². The highest BCUT2D eigenvalue weighted by atomic mass is 35.5. The van der Waals surface area contributed by atoms with E-state index in [-0.39, 0.29) is 17.5 Å². The fourth-order valence-corrected chi connectivity index (χ4v) is 4.16. The highest BCUT2D eigenvalue weighted by Crippen LogP contribution is 2.36. The Hall–Kier alpha value is -0.780. The Bertz CT molecular complexity index is 516. The third-order valence-electron chi connectivity index (χ3n) is 2.84. The molecule has 4 nitrogen and oxygen atoms in total. The zero-order chi connectivity index (χ0) is 11.9. The fraction of sp³-hybridized carbons (Fsp3) is 0.400. The lowest BCUT2D eigenvalue weighted by Crippen LogP contribution is -2.46. The summed E-state index contributed by atoms with van der Waals surface area (Å²) in [6, 6.07) is 4.61. The summed E-state index contributed by atoms with van der Waals surface area (Å²) >= 11 is 5.97. The predicted octanol–water partition coefficient (Wildman–Crippen LogP) is 1.25. The van der Waals surface area contributed by atoms with Crippen LogP contribution < -0.4 is 11.1 Å². The summed E-state index contributed by atoms with van der Waals surface area (Å²) < 4.78 is 24.4. The van der Waals surface area contributed by atoms with E-state index in [1.807, 2.05) is 0 Å². The molecule has 2 unspecified atom stereocenters. The maximum Gasteiger partial charge on any atom is 0.186 e. The number of fused-ring (bicyclic) bond motifs is 1. The Morgan fingerprint density at radius 3 is 2.81 bits per heavy atom. The molecule has 1 aromatic carbocycles. The summed E-state index contributed by atoms with van der Waals surface area (Å²) in [6.45, 7) is 1.89. The van der Waals surface area contributed by atoms with Crippen molar-refractivity contribution in [3.63, 3.8) is 0 Å². The number of hydrogen-bond donors (Lipinski definition) is 2. The lowest BCUT2D eigenvalue weighted by Gasteiger charge is -2.31. The highest BCUT2D eigenvalue weighted by molar-refractivity contribution is 7.92. The number of para-hydroxylation sites is 1. The number of sulfone groups is 1. The monoisotopic (exact) mass is 260 g/mol. The standard InChI is InChI=1S/C10H13ClN2O2S/c1-6-9(5-12)16(14,15)8-4-2-3-7(11)10(8)13-6/h2-4,6,9,13H,5,12H2,1H3. The molecule has 1 aliphatic rings. The Morgan fingerprint density at radius 1 is 1.50 bits per heavy atom. The third-order valence-corrected chi connectivity index (χ3v) is 5.51. The minimum atomic E-state index is -3.38. The Labute approximate surface area is 99.7 Å². The molecule has 6 heteroatoms. The van der Waals surface area contributed by atoms with Crippen molar-refractivity contribution < 1.29 is 8.42 Å². The van der Waals surface area contributed by atoms with Crippen molar-refractivity contribution >= 4 is 27.1 Å². The number of hydrogen-bond acceptors (Lipinski definition) is 4. The Balaban J connectivity index is 2.67. The van der Waals surface area contributed by atoms with Crippen molar-refractivity contribution in [3.8, 4) is 0 Å². The van der Waals surface area contributed by atoms with E-state index < -0.39 is 15.1 Å². The van der Waals surface area contributed by atoms with Gasteiger partial charge in [0.25, 0.3) is 0 Å². The van der Waals surface area contributed by atoms with Crippen molar-refractivity contribution in [1.29, 1.82) is 0 Å². The van der Waals surface area contributed by atoms with Crippen LogP contribution in [0.2, 0.25) is 5.02 Å². The van der Waals surface area contributed by atoms with Crippen molar-refractivity contribution in [3.05, 3.63) is 23.2 Å². The molecule has 1 heterocycles. The minimum absolute atomic E-state index is 0.0997. The number of nitrogens with two attached hydrogens (primary N) is 1. The number of rotatable bonds is 1. The van der Waals surface area contributed by atoms with E-state index in [2.05, 4.69) is 5.32 Å². The molecule has 2 rings (SSSR count). The second kappa shape index (κ2) is 3.91. The summed E-state index contributed by atoms with van der Waals surface area (Å²) in [5.74, 6) is 0. The molecule has 0 bridgehead atoms. The van der Waals surface area contributed by atoms with Crippen molar-refractivity contribution in [2.75, 3.05) is 11.9 Å². The fourth-order valence-electron chi connectivity index (χ4n) is 1.96. The molecule has 0 aliphatic carbocycles. The SMILES string of the molecule is CC1Nc2c(Cl)cccc2S(=O)(=O)C1CN. The van der Waals surface area contributed by atoms with Crippen LogP contribution in [0.3, 0.4) is 0 Å². The smallest absolute Gasteiger partial charge is 0.186 e. The van der Waals surface area contributed by atoms with Gasteiger partial charge in [-0.1, -0.05) is 17.7 Å². The maximum atomic E-state index is 12.2. The lowest BCUT2D eigenvalue weighted by atomic mass is 10.2. The molecule has 2 atom stereocenters. The van der Waals surface area contributed by atoms with E-state index >= 15 is 0 Å². The van der Waals surface area contributed by atoms with Crippen LogP contribution in [-0.4, -0.2) is 26.3 Å². The maximum absolute atomic E-state index is 12.2. The van der Waals surface area contributed by atoms with E-state index in [1.54, 1.807) is 25.1 Å². The minimum Gasteiger partial charge on any atom is -0.379 e. The van der Waals surface area contributed by atoms with Gasteiger partial charge < -0.3 is 11.1 Å². The van der Waals surface area contributed by atoms with Crippen LogP contribution in [0.25, 0.3) is 0 Å². The molecule has 16 heavy (non-hydrogen) atoms. The van der Waals surface area contributed by atoms with Gasteiger partial charge in [-0.15, -0.1) is 0 Å². The van der Waals surface area contributed by atoms with Gasteiger partial charge in [-0.25, -0.2) is 8.42 Å². The topological polar surface area (TPSA) is 72.2 Å². The number of benzene rings is 1. The molecular weight excluding hydrogens is 248 g/mol. The van der Waals surface area contributed by atoms with E-state index in [0.29, 0.717) is 10.7 Å². The van der Waals surface area contributed by atoms with Crippen molar-refractivity contribution in [1.82, 2.24) is 0 Å². The van der Waals surface area contributed by atoms with Gasteiger partial charge in [0.1, 0.15) is 0 Å². The first-order valence-electron chi connectivity index (χ1n) is 4.97. The summed E-state index contributed by atoms with van der Waals surface area (Å²) in [7, 11) is -3.38. The zero-order valence-electron chi connectivity index (χ0n) is 8.77. The van der Waals surface area contributed by atoms with Crippen LogP contribution in [0.1, 0.15) is 6.92 Å². The van der Waals surface area contributed by atoms with Crippen LogP contribution in [0, 0.1) is 0 Å². The molecule has 0 fully saturated rings. The molecular formula is C10H13ClN2O2S. The molecule has 0 saturated heterocycles. The molecule has 0 radical (unpaired) electrons. The number of anilines is 1. The normalized spacial score (nSPS) is 26.9. The second-order valence-electron chi connectivity index (χ2n) is 3.87. The second-order valence-corrected chi connectivity index (χ2v) is 6.41. The molecule has 0 aromatic heterocycles. The lowest BCUT2D eigenvalue weighted by molar-refractivity contribution is 0.560. The van der Waals surface area contributed by atoms with Crippen LogP contribution in [0.5, 0.6) is 0 Å². The molecule has 3 N–H and O–H groups in total. The molecule has 1 aromatic rings. The van der Waals surface area contributed by atoms with Gasteiger partial charge in [0.15, 0.2) is 9.84 Å². The van der Waals surface area contributed by atoms with Gasteiger partial charge in [0.2, 0.25) is 0 Å². The zero-order valence-corrected chi connectivity index (χ0v) is 10.3. The van der Waals surface area contributed by atoms with E-state index in [4.69, 9.17) is 17.3 Å². The van der Waals surface area contributed by atoms with Gasteiger partial charge in [0.05, 0.1) is 20.9 Å². The molecule has 1 aliphatic heterocycles. The third kappa shape index (κ3) is 1.59. The van der Waals surface area contributed by atoms with Gasteiger partial charge in [0, 0.05) is 12.6 Å². The molecule has 88 valence electrons. The van der Waals surface area contributed by atoms with Gasteiger partial charge in [-0.2, -0.15) is 0 Å². The molecule has 0 amide bonds. The van der Waals surface area contributed by atoms with Crippen LogP contribution >= 0.6 is 11.6 Å². The van der Waals surface area contributed by atoms with Crippen LogP contribution in [0.15, 0.2) is 23.1 Å². The summed E-state index contributed by atoms with van der Waals surface area (Å²) in [4.78, 5) is 0.244. The van der Waals surface area contributed by atoms with Gasteiger partial charge >= 0.3 is 0 Å². The van der Waals surface area contributed by atoms with Crippen molar-refractivity contribution in [2.45, 2.75) is 23.1 Å². The van der Waals surface area contributed by atoms with Gasteiger partial charge in [-0.3, -0.25) is 0 Å². The summed E-state index contributed by atoms with van der Waals surface area (Å²) in [5.41, 5.74) is 6.00. The highest BCUT2D eigenvalue weighted by Gasteiger charge is 2.38. The van der Waals surface area contributed by atoms with Gasteiger partial charge in [-0.05, 0) is 19.1 Å². The molecule has 0 saturated carbocycles. The average molecular weight is 261 g/mol. The summed E-state index contributed by atoms with van der Waals surface area (Å²) in [5, 5.41) is 2.91. The largest absolute Gasteiger partial charge is 0.379 e. The van der Waals surface area contributed by atoms with Crippen molar-refractivity contribution in [2.24, 2.45) is 5.73 Å². The van der Waals surface area contributed by atoms with Crippen LogP contribution in [-0.2, 0) is 9.84 Å². The van der Waals surface area contributed by atoms with Crippen LogP contribution in [0.4, 0.5) is 5.69 Å². The predicted molar refractivity (Wildman–Crippen MR) is 64.6 cm³/mol. The van der Waals surface area contributed by atoms with E-state index in [0.717, 1.165) is 0 Å². The summed E-state index contributed by atoms with van der Waals surface area (Å²) in [6.07, 6.45) is 0. The van der Waals surface area contributed by atoms with E-state index in [1.165, 1.54) is 0 Å². The number of halogens is 1.